The first-order valence-electron chi connectivity index (χ1n) is 1.10. The van der Waals surface area contributed by atoms with Crippen LogP contribution in [0.3, 0.4) is 0 Å². The van der Waals surface area contributed by atoms with Crippen LogP contribution >= 0.6 is 0 Å². The van der Waals surface area contributed by atoms with Crippen molar-refractivity contribution in [2.24, 2.45) is 0 Å². The van der Waals surface area contributed by atoms with Crippen LogP contribution in [0.4, 0.5) is 0 Å². The number of aliphatic carboxylic acids is 1. The summed E-state index contributed by atoms with van der Waals surface area (Å²) in [5.41, 5.74) is 0. The number of rotatable bonds is 1. The van der Waals surface area contributed by atoms with Crippen molar-refractivity contribution < 1.29 is 40.9 Å². The van der Waals surface area contributed by atoms with Gasteiger partial charge in [-0.05, 0) is 0 Å². The van der Waals surface area contributed by atoms with E-state index in [4.69, 9.17) is 15.0 Å². The first kappa shape index (κ1) is 15.7. The van der Waals surface area contributed by atoms with Gasteiger partial charge in [-0.25, -0.2) is 4.79 Å². The maximum Gasteiger partial charge on any atom is 0.329 e. The molecule has 0 atom stereocenters. The van der Waals surface area contributed by atoms with Crippen LogP contribution in [0, 0.1) is 0 Å². The second kappa shape index (κ2) is 9.54. The number of aliphatic hydroxyl groups is 1. The molecule has 7 heavy (non-hydrogen) atoms. The maximum atomic E-state index is 9.12. The first-order chi connectivity index (χ1) is 2.27. The molecule has 0 aliphatic heterocycles. The largest absolute Gasteiger partial charge is 0.480 e. The van der Waals surface area contributed by atoms with E-state index in [0.29, 0.717) is 0 Å². The summed E-state index contributed by atoms with van der Waals surface area (Å²) in [6, 6.07) is 0. The van der Waals surface area contributed by atoms with Crippen LogP contribution in [0.5, 0.6) is 0 Å². The van der Waals surface area contributed by atoms with Gasteiger partial charge in [0.2, 0.25) is 0 Å². The number of carbonyl (C=O) groups is 1. The van der Waals surface area contributed by atoms with Crippen molar-refractivity contribution in [3.63, 3.8) is 0 Å². The Labute approximate surface area is 59.9 Å². The Morgan fingerprint density at radius 3 is 1.71 bits per heavy atom. The average molecular weight is 272 g/mol. The van der Waals surface area contributed by atoms with Gasteiger partial charge in [0.1, 0.15) is 6.61 Å². The van der Waals surface area contributed by atoms with Crippen molar-refractivity contribution in [3.05, 3.63) is 0 Å². The summed E-state index contributed by atoms with van der Waals surface area (Å²) in [6.07, 6.45) is 0. The molecule has 0 aromatic carbocycles. The fourth-order valence-electron chi connectivity index (χ4n) is 0. The van der Waals surface area contributed by atoms with Crippen LogP contribution in [0.25, 0.3) is 0 Å². The Bertz CT molecular complexity index is 48.2. The van der Waals surface area contributed by atoms with Crippen LogP contribution in [0.1, 0.15) is 0 Å². The minimum atomic E-state index is -1.19. The van der Waals surface area contributed by atoms with Crippen LogP contribution in [-0.2, 0) is 30.6 Å². The molecule has 0 radical (unpaired) electrons. The van der Waals surface area contributed by atoms with Crippen molar-refractivity contribution in [1.82, 2.24) is 6.15 Å². The van der Waals surface area contributed by atoms with Gasteiger partial charge in [-0.1, -0.05) is 0 Å². The second-order valence-corrected chi connectivity index (χ2v) is 0.552. The Morgan fingerprint density at radius 1 is 1.57 bits per heavy atom. The van der Waals surface area contributed by atoms with Crippen LogP contribution < -0.4 is 6.15 Å². The summed E-state index contributed by atoms with van der Waals surface area (Å²) in [5, 5.41) is 15.0. The van der Waals surface area contributed by atoms with E-state index in [2.05, 4.69) is 0 Å². The second-order valence-electron chi connectivity index (χ2n) is 0.552. The molecule has 0 aliphatic carbocycles. The molecule has 0 fully saturated rings. The van der Waals surface area contributed by atoms with Crippen molar-refractivity contribution in [2.75, 3.05) is 6.61 Å². The molecule has 0 amide bonds. The Balaban J connectivity index is -0.0000000800. The van der Waals surface area contributed by atoms with Crippen molar-refractivity contribution in [1.29, 1.82) is 0 Å². The smallest absolute Gasteiger partial charge is 0.329 e. The van der Waals surface area contributed by atoms with E-state index in [-0.39, 0.29) is 32.0 Å². The number of hydrogen-bond donors (Lipinski definition) is 3. The van der Waals surface area contributed by atoms with E-state index < -0.39 is 12.6 Å². The monoisotopic (exact) mass is 273 g/mol. The third-order valence-corrected chi connectivity index (χ3v) is 0.135. The molecule has 4 nitrogen and oxygen atoms in total. The summed E-state index contributed by atoms with van der Waals surface area (Å²) in [4.78, 5) is 9.12. The molecule has 0 bridgehead atoms. The number of hydrogen-bond acceptors (Lipinski definition) is 3. The third-order valence-electron chi connectivity index (χ3n) is 0.135. The van der Waals surface area contributed by atoms with Gasteiger partial charge in [0.25, 0.3) is 0 Å². The molecule has 5 heteroatoms. The van der Waals surface area contributed by atoms with E-state index in [1.165, 1.54) is 0 Å². The topological polar surface area (TPSA) is 92.5 Å². The van der Waals surface area contributed by atoms with Crippen LogP contribution in [0.2, 0.25) is 0 Å². The molecule has 5 N–H and O–H groups in total. The molecular weight excluding hydrogens is 265 g/mol. The summed E-state index contributed by atoms with van der Waals surface area (Å²) in [6.45, 7) is -0.778. The minimum Gasteiger partial charge on any atom is -0.480 e. The summed E-state index contributed by atoms with van der Waals surface area (Å²) in [5.74, 6) is -1.19. The molecule has 0 aromatic heterocycles. The number of carboxylic acids is 1. The molecule has 0 saturated carbocycles. The Morgan fingerprint density at radius 2 is 1.71 bits per heavy atom. The van der Waals surface area contributed by atoms with Crippen molar-refractivity contribution in [3.8, 4) is 0 Å². The van der Waals surface area contributed by atoms with Gasteiger partial charge in [0, 0.05) is 25.8 Å². The van der Waals surface area contributed by atoms with Gasteiger partial charge in [0.05, 0.1) is 0 Å². The Kier molecular flexibility index (Phi) is 21.4. The normalized spacial score (nSPS) is 5.29. The van der Waals surface area contributed by atoms with E-state index in [9.17, 15) is 0 Å². The molecule has 0 aromatic rings. The molecular formula is C2H7HfNO3. The molecule has 0 rings (SSSR count). The first-order valence-corrected chi connectivity index (χ1v) is 1.10. The van der Waals surface area contributed by atoms with E-state index in [0.717, 1.165) is 0 Å². The summed E-state index contributed by atoms with van der Waals surface area (Å²) < 4.78 is 0. The number of aliphatic hydroxyl groups excluding tert-OH is 1. The standard InChI is InChI=1S/C2H4O3.Hf.H3N/c3-1-2(4)5;;/h3H,1H2,(H,4,5);;1H3. The quantitative estimate of drug-likeness (QED) is 0.546. The molecule has 0 aliphatic rings. The average Bonchev–Trinajstić information content (AvgIpc) is 1.38. The zero-order valence-corrected chi connectivity index (χ0v) is 7.31. The fraction of sp³-hybridized carbons (Fsp3) is 0.500. The molecule has 0 spiro atoms. The minimum absolute atomic E-state index is 0. The van der Waals surface area contributed by atoms with Gasteiger partial charge < -0.3 is 16.4 Å². The molecule has 0 saturated heterocycles. The molecule has 42 valence electrons. The van der Waals surface area contributed by atoms with E-state index in [1.807, 2.05) is 0 Å². The molecule has 0 heterocycles. The van der Waals surface area contributed by atoms with Gasteiger partial charge in [-0.3, -0.25) is 0 Å². The van der Waals surface area contributed by atoms with Crippen LogP contribution in [0.15, 0.2) is 0 Å². The molecule has 0 unspecified atom stereocenters. The van der Waals surface area contributed by atoms with Crippen molar-refractivity contribution in [2.45, 2.75) is 0 Å². The number of carboxylic acid groups (broad SMARTS) is 1. The van der Waals surface area contributed by atoms with Gasteiger partial charge in [0.15, 0.2) is 0 Å². The van der Waals surface area contributed by atoms with Gasteiger partial charge in [-0.15, -0.1) is 0 Å². The third kappa shape index (κ3) is 22.2. The fourth-order valence-corrected chi connectivity index (χ4v) is 0. The van der Waals surface area contributed by atoms with Crippen molar-refractivity contribution >= 4 is 5.97 Å². The van der Waals surface area contributed by atoms with Gasteiger partial charge in [-0.2, -0.15) is 0 Å². The van der Waals surface area contributed by atoms with Crippen LogP contribution in [-0.4, -0.2) is 22.8 Å². The van der Waals surface area contributed by atoms with E-state index >= 15 is 0 Å². The maximum absolute atomic E-state index is 9.12. The SMILES string of the molecule is N.O=C(O)CO.[Hf]. The zero-order valence-electron chi connectivity index (χ0n) is 3.72. The van der Waals surface area contributed by atoms with Gasteiger partial charge >= 0.3 is 5.97 Å². The summed E-state index contributed by atoms with van der Waals surface area (Å²) in [7, 11) is 0. The predicted molar refractivity (Wildman–Crippen MR) is 19.7 cm³/mol. The predicted octanol–water partition coefficient (Wildman–Crippen LogP) is -0.777. The zero-order chi connectivity index (χ0) is 4.28. The van der Waals surface area contributed by atoms with E-state index in [1.54, 1.807) is 0 Å². The Hall–Kier alpha value is 0.260. The summed E-state index contributed by atoms with van der Waals surface area (Å²) >= 11 is 0.